The molecule has 1 atom stereocenters. The van der Waals surface area contributed by atoms with Crippen LogP contribution in [-0.4, -0.2) is 15.7 Å². The van der Waals surface area contributed by atoms with Crippen molar-refractivity contribution in [1.29, 1.82) is 5.26 Å². The summed E-state index contributed by atoms with van der Waals surface area (Å²) in [5.41, 5.74) is 2.61. The number of carbonyl (C=O) groups is 1. The summed E-state index contributed by atoms with van der Waals surface area (Å²) in [6.45, 7) is 3.68. The second kappa shape index (κ2) is 6.46. The van der Waals surface area contributed by atoms with Gasteiger partial charge in [0.15, 0.2) is 0 Å². The monoisotopic (exact) mass is 392 g/mol. The molecule has 0 spiro atoms. The van der Waals surface area contributed by atoms with Crippen molar-refractivity contribution in [3.8, 4) is 6.07 Å². The molecular formula is C16H17BrN4OS. The molecule has 3 rings (SSSR count). The zero-order valence-electron chi connectivity index (χ0n) is 13.0. The number of nitrogens with one attached hydrogen (secondary N) is 1. The number of nitrogens with zero attached hydrogens (tertiary/aromatic N) is 3. The maximum Gasteiger partial charge on any atom is 0.249 e. The number of fused-ring (bicyclic) bond motifs is 1. The Hall–Kier alpha value is -1.65. The number of hydrogen-bond acceptors (Lipinski definition) is 4. The lowest BCUT2D eigenvalue weighted by molar-refractivity contribution is -0.119. The maximum absolute atomic E-state index is 12.5. The van der Waals surface area contributed by atoms with Crippen LogP contribution < -0.4 is 5.32 Å². The first-order chi connectivity index (χ1) is 11.0. The van der Waals surface area contributed by atoms with Gasteiger partial charge in [0.2, 0.25) is 5.91 Å². The molecule has 2 heterocycles. The topological polar surface area (TPSA) is 70.7 Å². The smallest absolute Gasteiger partial charge is 0.249 e. The van der Waals surface area contributed by atoms with Gasteiger partial charge in [0.05, 0.1) is 15.7 Å². The van der Waals surface area contributed by atoms with Crippen molar-refractivity contribution >= 4 is 38.2 Å². The number of anilines is 1. The van der Waals surface area contributed by atoms with Gasteiger partial charge in [-0.1, -0.05) is 0 Å². The number of amides is 1. The summed E-state index contributed by atoms with van der Waals surface area (Å²) >= 11 is 4.95. The molecule has 0 saturated carbocycles. The molecule has 0 radical (unpaired) electrons. The third-order valence-corrected chi connectivity index (χ3v) is 6.14. The van der Waals surface area contributed by atoms with Crippen LogP contribution in [0.1, 0.15) is 47.5 Å². The molecule has 2 aromatic rings. The highest BCUT2D eigenvalue weighted by Gasteiger charge is 2.24. The summed E-state index contributed by atoms with van der Waals surface area (Å²) in [4.78, 5) is 13.8. The molecule has 5 nitrogen and oxygen atoms in total. The lowest BCUT2D eigenvalue weighted by atomic mass is 9.96. The minimum Gasteiger partial charge on any atom is -0.315 e. The van der Waals surface area contributed by atoms with Crippen molar-refractivity contribution in [2.75, 3.05) is 5.32 Å². The number of hydrogen-bond donors (Lipinski definition) is 1. The van der Waals surface area contributed by atoms with Crippen molar-refractivity contribution in [2.45, 2.75) is 45.6 Å². The van der Waals surface area contributed by atoms with Crippen LogP contribution in [0.15, 0.2) is 10.7 Å². The van der Waals surface area contributed by atoms with Crippen LogP contribution in [0.25, 0.3) is 0 Å². The summed E-state index contributed by atoms with van der Waals surface area (Å²) in [6.07, 6.45) is 6.01. The van der Waals surface area contributed by atoms with Crippen molar-refractivity contribution in [2.24, 2.45) is 0 Å². The third kappa shape index (κ3) is 3.06. The Morgan fingerprint density at radius 1 is 1.52 bits per heavy atom. The van der Waals surface area contributed by atoms with Gasteiger partial charge >= 0.3 is 0 Å². The SMILES string of the molecule is Cc1nn(C(C)C(=O)Nc2sc3c(c2C#N)CCCC3)cc1Br. The van der Waals surface area contributed by atoms with Crippen molar-refractivity contribution in [3.05, 3.63) is 32.4 Å². The maximum atomic E-state index is 12.5. The van der Waals surface area contributed by atoms with E-state index in [2.05, 4.69) is 32.4 Å². The summed E-state index contributed by atoms with van der Waals surface area (Å²) in [7, 11) is 0. The number of halogens is 1. The fraction of sp³-hybridized carbons (Fsp3) is 0.438. The van der Waals surface area contributed by atoms with Crippen LogP contribution in [0.2, 0.25) is 0 Å². The summed E-state index contributed by atoms with van der Waals surface area (Å²) < 4.78 is 2.51. The molecule has 1 N–H and O–H groups in total. The minimum absolute atomic E-state index is 0.157. The van der Waals surface area contributed by atoms with Crippen LogP contribution in [0, 0.1) is 18.3 Å². The van der Waals surface area contributed by atoms with Crippen LogP contribution in [0.5, 0.6) is 0 Å². The third-order valence-electron chi connectivity index (χ3n) is 4.15. The van der Waals surface area contributed by atoms with E-state index in [1.807, 2.05) is 6.92 Å². The molecule has 7 heteroatoms. The molecule has 23 heavy (non-hydrogen) atoms. The molecule has 0 aliphatic heterocycles. The van der Waals surface area contributed by atoms with E-state index in [4.69, 9.17) is 0 Å². The van der Waals surface area contributed by atoms with Gasteiger partial charge in [0, 0.05) is 11.1 Å². The number of rotatable bonds is 3. The van der Waals surface area contributed by atoms with Gasteiger partial charge in [-0.2, -0.15) is 10.4 Å². The van der Waals surface area contributed by atoms with Gasteiger partial charge in [-0.15, -0.1) is 11.3 Å². The largest absolute Gasteiger partial charge is 0.315 e. The average Bonchev–Trinajstić information content (AvgIpc) is 3.06. The highest BCUT2D eigenvalue weighted by molar-refractivity contribution is 9.10. The Bertz CT molecular complexity index is 782. The molecule has 0 saturated heterocycles. The molecule has 1 unspecified atom stereocenters. The number of nitriles is 1. The number of carbonyl (C=O) groups excluding carboxylic acids is 1. The Morgan fingerprint density at radius 2 is 2.26 bits per heavy atom. The van der Waals surface area contributed by atoms with Gasteiger partial charge < -0.3 is 5.32 Å². The lowest BCUT2D eigenvalue weighted by Crippen LogP contribution is -2.24. The fourth-order valence-corrected chi connectivity index (χ4v) is 4.30. The standard InChI is InChI=1S/C16H17BrN4OS/c1-9-13(17)8-21(20-9)10(2)15(22)19-16-12(7-18)11-5-3-4-6-14(11)23-16/h8,10H,3-6H2,1-2H3,(H,19,22). The number of thiophene rings is 1. The highest BCUT2D eigenvalue weighted by atomic mass is 79.9. The molecule has 120 valence electrons. The zero-order chi connectivity index (χ0) is 16.6. The first kappa shape index (κ1) is 16.2. The van der Waals surface area contributed by atoms with E-state index in [9.17, 15) is 10.1 Å². The van der Waals surface area contributed by atoms with Crippen molar-refractivity contribution in [1.82, 2.24) is 9.78 Å². The normalized spacial score (nSPS) is 14.9. The van der Waals surface area contributed by atoms with Crippen LogP contribution in [0.4, 0.5) is 5.00 Å². The molecule has 1 aliphatic rings. The van der Waals surface area contributed by atoms with Gasteiger partial charge in [-0.05, 0) is 61.0 Å². The summed E-state index contributed by atoms with van der Waals surface area (Å²) in [5, 5.41) is 17.4. The Balaban J connectivity index is 1.83. The predicted molar refractivity (Wildman–Crippen MR) is 93.7 cm³/mol. The van der Waals surface area contributed by atoms with Crippen molar-refractivity contribution in [3.63, 3.8) is 0 Å². The minimum atomic E-state index is -0.439. The first-order valence-corrected chi connectivity index (χ1v) is 9.19. The van der Waals surface area contributed by atoms with E-state index in [0.29, 0.717) is 10.6 Å². The Kier molecular flexibility index (Phi) is 4.55. The number of aryl methyl sites for hydroxylation is 2. The molecule has 1 amide bonds. The molecule has 0 fully saturated rings. The first-order valence-electron chi connectivity index (χ1n) is 7.58. The van der Waals surface area contributed by atoms with E-state index >= 15 is 0 Å². The van der Waals surface area contributed by atoms with E-state index in [0.717, 1.165) is 41.4 Å². The molecule has 2 aromatic heterocycles. The second-order valence-electron chi connectivity index (χ2n) is 5.73. The van der Waals surface area contributed by atoms with Gasteiger partial charge in [0.1, 0.15) is 17.1 Å². The van der Waals surface area contributed by atoms with Crippen LogP contribution >= 0.6 is 27.3 Å². The van der Waals surface area contributed by atoms with Gasteiger partial charge in [-0.3, -0.25) is 9.48 Å². The van der Waals surface area contributed by atoms with E-state index in [-0.39, 0.29) is 5.91 Å². The average molecular weight is 393 g/mol. The Morgan fingerprint density at radius 3 is 2.91 bits per heavy atom. The summed E-state index contributed by atoms with van der Waals surface area (Å²) in [6, 6.07) is 1.83. The van der Waals surface area contributed by atoms with Crippen LogP contribution in [-0.2, 0) is 17.6 Å². The van der Waals surface area contributed by atoms with E-state index < -0.39 is 6.04 Å². The quantitative estimate of drug-likeness (QED) is 0.858. The van der Waals surface area contributed by atoms with Gasteiger partial charge in [0.25, 0.3) is 0 Å². The highest BCUT2D eigenvalue weighted by Crippen LogP contribution is 2.37. The Labute approximate surface area is 147 Å². The second-order valence-corrected chi connectivity index (χ2v) is 7.69. The molecular weight excluding hydrogens is 376 g/mol. The van der Waals surface area contributed by atoms with E-state index in [1.165, 1.54) is 4.88 Å². The fourth-order valence-electron chi connectivity index (χ4n) is 2.77. The predicted octanol–water partition coefficient (Wildman–Crippen LogP) is 3.97. The van der Waals surface area contributed by atoms with Crippen molar-refractivity contribution < 1.29 is 4.79 Å². The summed E-state index contributed by atoms with van der Waals surface area (Å²) in [5.74, 6) is -0.157. The number of aromatic nitrogens is 2. The molecule has 1 aliphatic carbocycles. The molecule has 0 bridgehead atoms. The van der Waals surface area contributed by atoms with E-state index in [1.54, 1.807) is 29.1 Å². The lowest BCUT2D eigenvalue weighted by Gasteiger charge is -2.12. The zero-order valence-corrected chi connectivity index (χ0v) is 15.4. The van der Waals surface area contributed by atoms with Gasteiger partial charge in [-0.25, -0.2) is 0 Å². The van der Waals surface area contributed by atoms with Crippen LogP contribution in [0.3, 0.4) is 0 Å². The molecule has 0 aromatic carbocycles.